The predicted octanol–water partition coefficient (Wildman–Crippen LogP) is 4.14. The van der Waals surface area contributed by atoms with Crippen LogP contribution in [0.25, 0.3) is 0 Å². The third-order valence-electron chi connectivity index (χ3n) is 3.64. The lowest BCUT2D eigenvalue weighted by Gasteiger charge is -2.25. The van der Waals surface area contributed by atoms with E-state index in [1.165, 1.54) is 5.56 Å². The molecule has 2 aromatic rings. The lowest BCUT2D eigenvalue weighted by molar-refractivity contribution is 0.414. The predicted molar refractivity (Wildman–Crippen MR) is 97.0 cm³/mol. The third-order valence-corrected chi connectivity index (χ3v) is 5.20. The highest BCUT2D eigenvalue weighted by Crippen LogP contribution is 2.26. The number of ether oxygens (including phenoxy) is 1. The van der Waals surface area contributed by atoms with E-state index in [2.05, 4.69) is 35.9 Å². The van der Waals surface area contributed by atoms with Gasteiger partial charge in [-0.25, -0.2) is 8.93 Å². The van der Waals surface area contributed by atoms with Gasteiger partial charge in [0.15, 0.2) is 0 Å². The van der Waals surface area contributed by atoms with Gasteiger partial charge in [0.05, 0.1) is 28.9 Å². The molecule has 2 rings (SSSR count). The molecular formula is C19H25NO2S. The average molecular weight is 331 g/mol. The summed E-state index contributed by atoms with van der Waals surface area (Å²) in [6, 6.07) is 16.1. The smallest absolute Gasteiger partial charge is 0.118 e. The molecule has 0 aromatic heterocycles. The second kappa shape index (κ2) is 7.28. The van der Waals surface area contributed by atoms with Crippen LogP contribution in [0.4, 0.5) is 0 Å². The maximum absolute atomic E-state index is 12.6. The van der Waals surface area contributed by atoms with E-state index in [4.69, 9.17) is 4.74 Å². The van der Waals surface area contributed by atoms with Gasteiger partial charge in [-0.2, -0.15) is 0 Å². The normalized spacial score (nSPS) is 14.3. The van der Waals surface area contributed by atoms with Crippen molar-refractivity contribution < 1.29 is 8.95 Å². The largest absolute Gasteiger partial charge is 0.497 e. The number of methoxy groups -OCH3 is 1. The summed E-state index contributed by atoms with van der Waals surface area (Å²) in [6.07, 6.45) is 0. The van der Waals surface area contributed by atoms with Crippen LogP contribution < -0.4 is 9.46 Å². The highest BCUT2D eigenvalue weighted by molar-refractivity contribution is 7.84. The van der Waals surface area contributed by atoms with Gasteiger partial charge < -0.3 is 4.74 Å². The van der Waals surface area contributed by atoms with Crippen molar-refractivity contribution in [2.75, 3.05) is 7.11 Å². The SMILES string of the molecule is COc1ccc([C@@H](NS(=O)C(C)(C)C)c2ccc(C)cc2)cc1. The highest BCUT2D eigenvalue weighted by atomic mass is 32.2. The molecule has 2 atom stereocenters. The molecule has 4 heteroatoms. The molecule has 1 unspecified atom stereocenters. The van der Waals surface area contributed by atoms with Crippen LogP contribution in [0.2, 0.25) is 0 Å². The van der Waals surface area contributed by atoms with Crippen LogP contribution in [0.1, 0.15) is 43.5 Å². The molecule has 124 valence electrons. The fourth-order valence-electron chi connectivity index (χ4n) is 2.17. The monoisotopic (exact) mass is 331 g/mol. The number of nitrogens with one attached hydrogen (secondary N) is 1. The molecule has 0 bridgehead atoms. The number of rotatable bonds is 5. The summed E-state index contributed by atoms with van der Waals surface area (Å²) in [5.74, 6) is 0.813. The molecule has 3 nitrogen and oxygen atoms in total. The lowest BCUT2D eigenvalue weighted by atomic mass is 9.99. The van der Waals surface area contributed by atoms with Gasteiger partial charge in [0.1, 0.15) is 5.75 Å². The van der Waals surface area contributed by atoms with Crippen molar-refractivity contribution in [1.29, 1.82) is 0 Å². The Morgan fingerprint density at radius 2 is 1.43 bits per heavy atom. The minimum Gasteiger partial charge on any atom is -0.497 e. The van der Waals surface area contributed by atoms with Crippen molar-refractivity contribution in [2.45, 2.75) is 38.5 Å². The number of aryl methyl sites for hydroxylation is 1. The number of benzene rings is 2. The van der Waals surface area contributed by atoms with Crippen molar-refractivity contribution in [3.05, 3.63) is 65.2 Å². The van der Waals surface area contributed by atoms with Gasteiger partial charge in [-0.1, -0.05) is 42.0 Å². The summed E-state index contributed by atoms with van der Waals surface area (Å²) < 4.78 is 20.8. The highest BCUT2D eigenvalue weighted by Gasteiger charge is 2.24. The summed E-state index contributed by atoms with van der Waals surface area (Å²) in [5.41, 5.74) is 3.37. The van der Waals surface area contributed by atoms with Gasteiger partial charge in [0, 0.05) is 0 Å². The molecule has 0 heterocycles. The third kappa shape index (κ3) is 4.66. The Labute approximate surface area is 141 Å². The molecule has 0 saturated heterocycles. The number of hydrogen-bond acceptors (Lipinski definition) is 2. The van der Waals surface area contributed by atoms with Gasteiger partial charge in [0.25, 0.3) is 0 Å². The standard InChI is InChI=1S/C19H25NO2S/c1-14-6-8-15(9-7-14)18(20-23(21)19(2,3)4)16-10-12-17(22-5)13-11-16/h6-13,18,20H,1-5H3/t18-,23?/m0/s1. The molecule has 0 amide bonds. The molecule has 0 radical (unpaired) electrons. The Hall–Kier alpha value is -1.65. The van der Waals surface area contributed by atoms with Gasteiger partial charge >= 0.3 is 0 Å². The Morgan fingerprint density at radius 3 is 1.87 bits per heavy atom. The fourth-order valence-corrected chi connectivity index (χ4v) is 3.01. The van der Waals surface area contributed by atoms with Gasteiger partial charge in [-0.3, -0.25) is 0 Å². The van der Waals surface area contributed by atoms with Gasteiger partial charge in [-0.15, -0.1) is 0 Å². The maximum Gasteiger partial charge on any atom is 0.118 e. The van der Waals surface area contributed by atoms with Crippen molar-refractivity contribution in [2.24, 2.45) is 0 Å². The Kier molecular flexibility index (Phi) is 5.60. The zero-order chi connectivity index (χ0) is 17.0. The molecular weight excluding hydrogens is 306 g/mol. The van der Waals surface area contributed by atoms with Crippen LogP contribution >= 0.6 is 0 Å². The van der Waals surface area contributed by atoms with Crippen LogP contribution in [0.15, 0.2) is 48.5 Å². The Balaban J connectivity index is 2.37. The lowest BCUT2D eigenvalue weighted by Crippen LogP contribution is -2.36. The van der Waals surface area contributed by atoms with E-state index in [0.717, 1.165) is 16.9 Å². The topological polar surface area (TPSA) is 38.3 Å². The van der Waals surface area contributed by atoms with Crippen LogP contribution in [-0.4, -0.2) is 16.1 Å². The quantitative estimate of drug-likeness (QED) is 0.894. The minimum absolute atomic E-state index is 0.124. The summed E-state index contributed by atoms with van der Waals surface area (Å²) in [7, 11) is 0.490. The first-order valence-electron chi connectivity index (χ1n) is 7.70. The minimum atomic E-state index is -1.16. The van der Waals surface area contributed by atoms with Crippen LogP contribution in [0.5, 0.6) is 5.75 Å². The second-order valence-corrected chi connectivity index (χ2v) is 8.61. The van der Waals surface area contributed by atoms with E-state index in [1.807, 2.05) is 45.0 Å². The molecule has 2 aromatic carbocycles. The molecule has 0 aliphatic heterocycles. The van der Waals surface area contributed by atoms with Crippen molar-refractivity contribution in [1.82, 2.24) is 4.72 Å². The summed E-state index contributed by atoms with van der Waals surface area (Å²) in [6.45, 7) is 7.97. The van der Waals surface area contributed by atoms with E-state index in [1.54, 1.807) is 7.11 Å². The van der Waals surface area contributed by atoms with Crippen molar-refractivity contribution >= 4 is 11.0 Å². The second-order valence-electron chi connectivity index (χ2n) is 6.62. The first-order valence-corrected chi connectivity index (χ1v) is 8.85. The fraction of sp³-hybridized carbons (Fsp3) is 0.368. The molecule has 23 heavy (non-hydrogen) atoms. The summed E-state index contributed by atoms with van der Waals surface area (Å²) in [5, 5.41) is 0. The van der Waals surface area contributed by atoms with Crippen molar-refractivity contribution in [3.63, 3.8) is 0 Å². The van der Waals surface area contributed by atoms with Crippen LogP contribution in [0, 0.1) is 6.92 Å². The Morgan fingerprint density at radius 1 is 0.957 bits per heavy atom. The van der Waals surface area contributed by atoms with Crippen LogP contribution in [-0.2, 0) is 11.0 Å². The van der Waals surface area contributed by atoms with Crippen LogP contribution in [0.3, 0.4) is 0 Å². The van der Waals surface area contributed by atoms with Crippen molar-refractivity contribution in [3.8, 4) is 5.75 Å². The van der Waals surface area contributed by atoms with E-state index >= 15 is 0 Å². The molecule has 1 N–H and O–H groups in total. The first kappa shape index (κ1) is 17.7. The summed E-state index contributed by atoms with van der Waals surface area (Å²) in [4.78, 5) is 0. The van der Waals surface area contributed by atoms with E-state index in [-0.39, 0.29) is 10.8 Å². The van der Waals surface area contributed by atoms with Gasteiger partial charge in [0.2, 0.25) is 0 Å². The molecule has 0 spiro atoms. The Bertz CT molecular complexity index is 657. The van der Waals surface area contributed by atoms with E-state index in [0.29, 0.717) is 0 Å². The van der Waals surface area contributed by atoms with E-state index < -0.39 is 11.0 Å². The molecule has 0 aliphatic carbocycles. The number of hydrogen-bond donors (Lipinski definition) is 1. The maximum atomic E-state index is 12.6. The first-order chi connectivity index (χ1) is 10.8. The zero-order valence-electron chi connectivity index (χ0n) is 14.4. The average Bonchev–Trinajstić information content (AvgIpc) is 2.52. The van der Waals surface area contributed by atoms with Gasteiger partial charge in [-0.05, 0) is 51.0 Å². The van der Waals surface area contributed by atoms with E-state index in [9.17, 15) is 4.21 Å². The molecule has 0 aliphatic rings. The zero-order valence-corrected chi connectivity index (χ0v) is 15.2. The molecule has 0 fully saturated rings. The molecule has 0 saturated carbocycles. The summed E-state index contributed by atoms with van der Waals surface area (Å²) >= 11 is 0.